The molecule has 0 amide bonds. The molecule has 1 heterocycles. The summed E-state index contributed by atoms with van der Waals surface area (Å²) in [5.41, 5.74) is 0.419. The van der Waals surface area contributed by atoms with Crippen molar-refractivity contribution < 1.29 is 18.3 Å². The molecule has 0 aliphatic heterocycles. The van der Waals surface area contributed by atoms with Gasteiger partial charge in [-0.25, -0.2) is 18.3 Å². The monoisotopic (exact) mass is 357 g/mol. The molecule has 0 aliphatic rings. The van der Waals surface area contributed by atoms with Crippen molar-refractivity contribution in [2.24, 2.45) is 0 Å². The third kappa shape index (κ3) is 3.72. The Bertz CT molecular complexity index is 704. The van der Waals surface area contributed by atoms with Crippen LogP contribution in [0.15, 0.2) is 36.7 Å². The molecule has 9 heteroatoms. The van der Waals surface area contributed by atoms with Gasteiger partial charge in [-0.1, -0.05) is 18.5 Å². The average Bonchev–Trinajstić information content (AvgIpc) is 2.98. The number of hydrogen-bond acceptors (Lipinski definition) is 4. The number of methoxy groups -OCH3 is 1. The molecule has 0 aliphatic carbocycles. The zero-order valence-corrected chi connectivity index (χ0v) is 14.1. The Morgan fingerprint density at radius 2 is 2.13 bits per heavy atom. The first kappa shape index (κ1) is 17.5. The SMILES string of the molecule is CCC(C(=O)OC)n1ccnc1N(c1ccc(Cl)cc1)S(=O)O. The lowest BCUT2D eigenvalue weighted by atomic mass is 10.2. The second-order valence-electron chi connectivity index (χ2n) is 4.58. The fraction of sp³-hybridized carbons (Fsp3) is 0.286. The van der Waals surface area contributed by atoms with E-state index in [1.165, 1.54) is 17.9 Å². The van der Waals surface area contributed by atoms with E-state index >= 15 is 0 Å². The number of nitrogens with zero attached hydrogens (tertiary/aromatic N) is 3. The normalized spacial score (nSPS) is 13.4. The molecule has 1 N–H and O–H groups in total. The van der Waals surface area contributed by atoms with Crippen molar-refractivity contribution in [3.63, 3.8) is 0 Å². The summed E-state index contributed by atoms with van der Waals surface area (Å²) in [5, 5.41) is 0.502. The maximum absolute atomic E-state index is 11.9. The highest BCUT2D eigenvalue weighted by Crippen LogP contribution is 2.29. The Hall–Kier alpha value is -1.90. The van der Waals surface area contributed by atoms with E-state index < -0.39 is 23.3 Å². The molecular formula is C14H16ClN3O4S. The first-order valence-corrected chi connectivity index (χ1v) is 8.21. The minimum atomic E-state index is -2.38. The number of anilines is 2. The average molecular weight is 358 g/mol. The number of aromatic nitrogens is 2. The second kappa shape index (κ2) is 7.58. The smallest absolute Gasteiger partial charge is 0.328 e. The van der Waals surface area contributed by atoms with Gasteiger partial charge in [-0.3, -0.25) is 4.55 Å². The lowest BCUT2D eigenvalue weighted by molar-refractivity contribution is -0.144. The number of ether oxygens (including phenoxy) is 1. The molecule has 0 fully saturated rings. The predicted octanol–water partition coefficient (Wildman–Crippen LogP) is 2.94. The van der Waals surface area contributed by atoms with Crippen molar-refractivity contribution in [3.05, 3.63) is 41.7 Å². The van der Waals surface area contributed by atoms with Crippen LogP contribution in [-0.4, -0.2) is 31.4 Å². The number of esters is 1. The van der Waals surface area contributed by atoms with Crippen molar-refractivity contribution in [2.45, 2.75) is 19.4 Å². The zero-order chi connectivity index (χ0) is 17.0. The molecule has 1 aromatic carbocycles. The van der Waals surface area contributed by atoms with E-state index in [1.807, 2.05) is 6.92 Å². The molecule has 0 saturated carbocycles. The molecule has 2 rings (SSSR count). The maximum atomic E-state index is 11.9. The number of carbonyl (C=O) groups excluding carboxylic acids is 1. The van der Waals surface area contributed by atoms with Crippen molar-refractivity contribution in [1.82, 2.24) is 9.55 Å². The molecule has 0 radical (unpaired) electrons. The van der Waals surface area contributed by atoms with Gasteiger partial charge in [0.15, 0.2) is 0 Å². The third-order valence-electron chi connectivity index (χ3n) is 3.24. The Balaban J connectivity index is 2.50. The summed E-state index contributed by atoms with van der Waals surface area (Å²) in [7, 11) is 1.29. The molecule has 2 unspecified atom stereocenters. The van der Waals surface area contributed by atoms with E-state index in [2.05, 4.69) is 4.98 Å². The summed E-state index contributed by atoms with van der Waals surface area (Å²) in [6, 6.07) is 5.74. The van der Waals surface area contributed by atoms with Gasteiger partial charge in [-0.05, 0) is 30.7 Å². The van der Waals surface area contributed by atoms with Crippen molar-refractivity contribution in [3.8, 4) is 0 Å². The van der Waals surface area contributed by atoms with Gasteiger partial charge in [0.25, 0.3) is 11.3 Å². The van der Waals surface area contributed by atoms with Gasteiger partial charge < -0.3 is 9.30 Å². The number of carbonyl (C=O) groups is 1. The number of rotatable bonds is 6. The quantitative estimate of drug-likeness (QED) is 0.634. The van der Waals surface area contributed by atoms with Crippen LogP contribution in [-0.2, 0) is 20.8 Å². The van der Waals surface area contributed by atoms with Crippen LogP contribution in [0.1, 0.15) is 19.4 Å². The van der Waals surface area contributed by atoms with Crippen LogP contribution in [0.2, 0.25) is 5.02 Å². The molecule has 2 aromatic rings. The van der Waals surface area contributed by atoms with Crippen LogP contribution in [0.3, 0.4) is 0 Å². The third-order valence-corrected chi connectivity index (χ3v) is 4.18. The van der Waals surface area contributed by atoms with Gasteiger partial charge in [0, 0.05) is 17.4 Å². The molecule has 7 nitrogen and oxygen atoms in total. The van der Waals surface area contributed by atoms with E-state index in [0.29, 0.717) is 17.1 Å². The number of halogens is 1. The summed E-state index contributed by atoms with van der Waals surface area (Å²) < 4.78 is 28.9. The van der Waals surface area contributed by atoms with Crippen LogP contribution in [0, 0.1) is 0 Å². The molecule has 0 saturated heterocycles. The topological polar surface area (TPSA) is 84.7 Å². The van der Waals surface area contributed by atoms with Gasteiger partial charge >= 0.3 is 5.97 Å². The zero-order valence-electron chi connectivity index (χ0n) is 12.5. The van der Waals surface area contributed by atoms with Crippen LogP contribution >= 0.6 is 11.6 Å². The van der Waals surface area contributed by atoms with E-state index in [9.17, 15) is 13.6 Å². The summed E-state index contributed by atoms with van der Waals surface area (Å²) in [6.07, 6.45) is 3.47. The molecule has 0 bridgehead atoms. The molecule has 0 spiro atoms. The van der Waals surface area contributed by atoms with Gasteiger partial charge in [0.05, 0.1) is 12.8 Å². The lowest BCUT2D eigenvalue weighted by Crippen LogP contribution is -2.27. The molecular weight excluding hydrogens is 342 g/mol. The van der Waals surface area contributed by atoms with E-state index in [4.69, 9.17) is 16.3 Å². The first-order chi connectivity index (χ1) is 11.0. The lowest BCUT2D eigenvalue weighted by Gasteiger charge is -2.23. The Morgan fingerprint density at radius 1 is 1.48 bits per heavy atom. The van der Waals surface area contributed by atoms with Gasteiger partial charge in [-0.2, -0.15) is 0 Å². The number of benzene rings is 1. The Labute approximate surface area is 141 Å². The summed E-state index contributed by atoms with van der Waals surface area (Å²) in [4.78, 5) is 16.0. The first-order valence-electron chi connectivity index (χ1n) is 6.77. The second-order valence-corrected chi connectivity index (χ2v) is 5.85. The molecule has 23 heavy (non-hydrogen) atoms. The van der Waals surface area contributed by atoms with Gasteiger partial charge in [-0.15, -0.1) is 0 Å². The van der Waals surface area contributed by atoms with Crippen LogP contribution in [0.5, 0.6) is 0 Å². The van der Waals surface area contributed by atoms with Crippen LogP contribution in [0.25, 0.3) is 0 Å². The highest BCUT2D eigenvalue weighted by Gasteiger charge is 2.27. The molecule has 1 aromatic heterocycles. The predicted molar refractivity (Wildman–Crippen MR) is 87.9 cm³/mol. The van der Waals surface area contributed by atoms with Crippen LogP contribution in [0.4, 0.5) is 11.6 Å². The minimum absolute atomic E-state index is 0.158. The van der Waals surface area contributed by atoms with Crippen molar-refractivity contribution in [1.29, 1.82) is 0 Å². The fourth-order valence-corrected chi connectivity index (χ4v) is 2.88. The summed E-state index contributed by atoms with van der Waals surface area (Å²) >= 11 is 3.47. The van der Waals surface area contributed by atoms with Crippen LogP contribution < -0.4 is 4.31 Å². The highest BCUT2D eigenvalue weighted by molar-refractivity contribution is 7.81. The Morgan fingerprint density at radius 3 is 2.65 bits per heavy atom. The largest absolute Gasteiger partial charge is 0.467 e. The van der Waals surface area contributed by atoms with Gasteiger partial charge in [0.1, 0.15) is 6.04 Å². The van der Waals surface area contributed by atoms with Gasteiger partial charge in [0.2, 0.25) is 5.95 Å². The summed E-state index contributed by atoms with van der Waals surface area (Å²) in [6.45, 7) is 1.81. The molecule has 2 atom stereocenters. The van der Waals surface area contributed by atoms with E-state index in [0.717, 1.165) is 4.31 Å². The number of hydrogen-bond donors (Lipinski definition) is 1. The van der Waals surface area contributed by atoms with E-state index in [1.54, 1.807) is 30.5 Å². The highest BCUT2D eigenvalue weighted by atomic mass is 35.5. The Kier molecular flexibility index (Phi) is 5.75. The standard InChI is InChI=1S/C14H16ClN3O4S/c1-3-12(13(19)22-2)17-9-8-16-14(17)18(23(20)21)11-6-4-10(15)5-7-11/h4-9,12H,3H2,1-2H3,(H,20,21). The minimum Gasteiger partial charge on any atom is -0.467 e. The summed E-state index contributed by atoms with van der Waals surface area (Å²) in [5.74, 6) is -0.295. The van der Waals surface area contributed by atoms with E-state index in [-0.39, 0.29) is 5.95 Å². The molecule has 124 valence electrons. The van der Waals surface area contributed by atoms with Crippen molar-refractivity contribution >= 4 is 40.5 Å². The fourth-order valence-electron chi connectivity index (χ4n) is 2.17. The number of imidazole rings is 1. The van der Waals surface area contributed by atoms with Crippen molar-refractivity contribution in [2.75, 3.05) is 11.4 Å². The maximum Gasteiger partial charge on any atom is 0.328 e.